The zero-order valence-electron chi connectivity index (χ0n) is 26.4. The predicted molar refractivity (Wildman–Crippen MR) is 161 cm³/mol. The molecule has 1 fully saturated rings. The van der Waals surface area contributed by atoms with Gasteiger partial charge in [0.15, 0.2) is 19.2 Å². The number of ether oxygens (including phenoxy) is 6. The number of aliphatic hydroxyl groups excluding tert-OH is 1. The van der Waals surface area contributed by atoms with Gasteiger partial charge in [-0.15, -0.1) is 0 Å². The topological polar surface area (TPSA) is 130 Å². The Morgan fingerprint density at radius 2 is 1.76 bits per heavy atom. The number of carbonyl (C=O) groups excluding carboxylic acids is 1. The highest BCUT2D eigenvalue weighted by molar-refractivity contribution is 5.95. The number of hydrogen-bond acceptors (Lipinski definition) is 9. The van der Waals surface area contributed by atoms with Crippen LogP contribution in [0.4, 0.5) is 13.2 Å². The van der Waals surface area contributed by atoms with Crippen molar-refractivity contribution >= 4 is 18.0 Å². The molecular formula is C33H41F3O10. The molecule has 1 heterocycles. The zero-order chi connectivity index (χ0) is 34.1. The quantitative estimate of drug-likeness (QED) is 0.158. The third kappa shape index (κ3) is 11.0. The van der Waals surface area contributed by atoms with Crippen LogP contribution in [0, 0.1) is 5.92 Å². The average molecular weight is 655 g/mol. The maximum atomic E-state index is 13.1. The van der Waals surface area contributed by atoms with Gasteiger partial charge in [0.25, 0.3) is 0 Å². The summed E-state index contributed by atoms with van der Waals surface area (Å²) in [5.41, 5.74) is 0.0618. The van der Waals surface area contributed by atoms with Crippen molar-refractivity contribution in [3.63, 3.8) is 0 Å². The number of carboxylic acid groups (broad SMARTS) is 1. The number of halogens is 3. The maximum absolute atomic E-state index is 13.1. The van der Waals surface area contributed by atoms with Crippen LogP contribution in [0.5, 0.6) is 11.5 Å². The lowest BCUT2D eigenvalue weighted by atomic mass is 9.94. The van der Waals surface area contributed by atoms with E-state index in [1.54, 1.807) is 57.2 Å². The van der Waals surface area contributed by atoms with E-state index in [-0.39, 0.29) is 41.8 Å². The number of rotatable bonds is 16. The third-order valence-corrected chi connectivity index (χ3v) is 7.31. The van der Waals surface area contributed by atoms with Gasteiger partial charge in [0.05, 0.1) is 17.8 Å². The minimum atomic E-state index is -4.62. The van der Waals surface area contributed by atoms with Crippen molar-refractivity contribution in [2.24, 2.45) is 5.92 Å². The summed E-state index contributed by atoms with van der Waals surface area (Å²) < 4.78 is 71.9. The van der Waals surface area contributed by atoms with E-state index in [2.05, 4.69) is 0 Å². The molecule has 254 valence electrons. The normalized spacial score (nSPS) is 19.8. The highest BCUT2D eigenvalue weighted by Crippen LogP contribution is 2.36. The summed E-state index contributed by atoms with van der Waals surface area (Å²) in [6.07, 6.45) is -3.35. The Hall–Kier alpha value is -3.65. The Morgan fingerprint density at radius 1 is 1.07 bits per heavy atom. The van der Waals surface area contributed by atoms with Crippen molar-refractivity contribution in [1.82, 2.24) is 0 Å². The van der Waals surface area contributed by atoms with Crippen LogP contribution in [-0.2, 0) is 18.9 Å². The Kier molecular flexibility index (Phi) is 13.0. The Bertz CT molecular complexity index is 1330. The number of carbonyl (C=O) groups is 2. The van der Waals surface area contributed by atoms with E-state index in [9.17, 15) is 33.0 Å². The maximum Gasteiger partial charge on any atom is 0.422 e. The molecule has 13 heteroatoms. The van der Waals surface area contributed by atoms with E-state index in [1.165, 1.54) is 19.3 Å². The lowest BCUT2D eigenvalue weighted by Crippen LogP contribution is -2.39. The summed E-state index contributed by atoms with van der Waals surface area (Å²) in [4.78, 5) is 25.3. The lowest BCUT2D eigenvalue weighted by Gasteiger charge is -2.28. The standard InChI is InChI=1S/C33H41F3O10/c1-20(21(2)37)14-15-25(44-31(40)22-10-7-6-8-11-22)29-26(45-32(3,4)46-29)13-9-12-23-16-24(42-18-33(34,35)36)17-27(43-19-41-5)28(23)30(38)39/h6-12,16-17,20-21,25-26,29,37H,13-15,18-19H2,1-5H3,(H,38,39)/b12-9+/t20-,21+,25?,26+,29-/m1/s1. The number of carboxylic acids is 1. The second-order valence-electron chi connectivity index (χ2n) is 11.5. The van der Waals surface area contributed by atoms with Crippen LogP contribution in [0.2, 0.25) is 0 Å². The summed E-state index contributed by atoms with van der Waals surface area (Å²) in [5, 5.41) is 20.0. The van der Waals surface area contributed by atoms with Gasteiger partial charge in [0.2, 0.25) is 0 Å². The molecule has 0 radical (unpaired) electrons. The smallest absolute Gasteiger partial charge is 0.422 e. The number of hydrogen-bond donors (Lipinski definition) is 2. The summed E-state index contributed by atoms with van der Waals surface area (Å²) in [7, 11) is 1.31. The molecule has 1 aliphatic rings. The number of methoxy groups -OCH3 is 1. The molecule has 5 atom stereocenters. The number of aromatic carboxylic acids is 1. The van der Waals surface area contributed by atoms with Crippen LogP contribution in [0.25, 0.3) is 6.08 Å². The number of alkyl halides is 3. The monoisotopic (exact) mass is 654 g/mol. The van der Waals surface area contributed by atoms with Crippen LogP contribution in [0.15, 0.2) is 48.5 Å². The summed E-state index contributed by atoms with van der Waals surface area (Å²) in [6.45, 7) is 5.04. The Morgan fingerprint density at radius 3 is 2.37 bits per heavy atom. The van der Waals surface area contributed by atoms with E-state index in [0.29, 0.717) is 18.4 Å². The van der Waals surface area contributed by atoms with Gasteiger partial charge in [0.1, 0.15) is 29.3 Å². The van der Waals surface area contributed by atoms with E-state index < -0.39 is 54.9 Å². The molecule has 1 unspecified atom stereocenters. The van der Waals surface area contributed by atoms with Crippen LogP contribution in [0.1, 0.15) is 73.2 Å². The molecule has 2 aromatic rings. The fourth-order valence-electron chi connectivity index (χ4n) is 4.88. The molecule has 1 saturated heterocycles. The molecule has 10 nitrogen and oxygen atoms in total. The first-order valence-electron chi connectivity index (χ1n) is 14.8. The molecule has 0 saturated carbocycles. The van der Waals surface area contributed by atoms with E-state index in [0.717, 1.165) is 6.07 Å². The van der Waals surface area contributed by atoms with Crippen LogP contribution < -0.4 is 9.47 Å². The fourth-order valence-corrected chi connectivity index (χ4v) is 4.88. The molecule has 0 spiro atoms. The van der Waals surface area contributed by atoms with Crippen molar-refractivity contribution in [3.05, 3.63) is 65.2 Å². The van der Waals surface area contributed by atoms with Gasteiger partial charge < -0.3 is 38.6 Å². The molecular weight excluding hydrogens is 613 g/mol. The molecule has 2 N–H and O–H groups in total. The first-order chi connectivity index (χ1) is 21.6. The highest BCUT2D eigenvalue weighted by Gasteiger charge is 2.46. The second-order valence-corrected chi connectivity index (χ2v) is 11.5. The molecule has 0 aromatic heterocycles. The Balaban J connectivity index is 1.91. The first kappa shape index (κ1) is 36.8. The number of aliphatic hydroxyl groups is 1. The second kappa shape index (κ2) is 16.3. The van der Waals surface area contributed by atoms with Crippen molar-refractivity contribution < 1.29 is 61.4 Å². The molecule has 0 amide bonds. The molecule has 1 aliphatic heterocycles. The molecule has 46 heavy (non-hydrogen) atoms. The predicted octanol–water partition coefficient (Wildman–Crippen LogP) is 6.25. The van der Waals surface area contributed by atoms with Gasteiger partial charge in [-0.1, -0.05) is 37.3 Å². The van der Waals surface area contributed by atoms with Crippen molar-refractivity contribution in [2.45, 2.75) is 83.3 Å². The molecule has 2 aromatic carbocycles. The van der Waals surface area contributed by atoms with Crippen molar-refractivity contribution in [3.8, 4) is 11.5 Å². The van der Waals surface area contributed by atoms with Crippen LogP contribution >= 0.6 is 0 Å². The van der Waals surface area contributed by atoms with Gasteiger partial charge in [-0.05, 0) is 69.7 Å². The molecule has 0 aliphatic carbocycles. The van der Waals surface area contributed by atoms with Crippen molar-refractivity contribution in [1.29, 1.82) is 0 Å². The number of benzene rings is 2. The Labute approximate surface area is 266 Å². The van der Waals surface area contributed by atoms with E-state index in [4.69, 9.17) is 28.4 Å². The lowest BCUT2D eigenvalue weighted by molar-refractivity contribution is -0.156. The zero-order valence-corrected chi connectivity index (χ0v) is 26.4. The fraction of sp³-hybridized carbons (Fsp3) is 0.515. The van der Waals surface area contributed by atoms with E-state index >= 15 is 0 Å². The highest BCUT2D eigenvalue weighted by atomic mass is 19.4. The summed E-state index contributed by atoms with van der Waals surface area (Å²) in [5.74, 6) is -3.59. The van der Waals surface area contributed by atoms with Crippen LogP contribution in [0.3, 0.4) is 0 Å². The minimum Gasteiger partial charge on any atom is -0.484 e. The number of esters is 1. The molecule has 0 bridgehead atoms. The van der Waals surface area contributed by atoms with Gasteiger partial charge in [-0.2, -0.15) is 13.2 Å². The average Bonchev–Trinajstić information content (AvgIpc) is 3.30. The van der Waals surface area contributed by atoms with Gasteiger partial charge in [-0.3, -0.25) is 0 Å². The molecule has 3 rings (SSSR count). The summed E-state index contributed by atoms with van der Waals surface area (Å²) in [6, 6.07) is 10.7. The SMILES string of the molecule is COCOc1cc(OCC(F)(F)F)cc(/C=C/C[C@@H]2OC(C)(C)O[C@@H]2C(CC[C@@H](C)[C@H](C)O)OC(=O)c2ccccc2)c1C(=O)O. The largest absolute Gasteiger partial charge is 0.484 e. The minimum absolute atomic E-state index is 0.0193. The van der Waals surface area contributed by atoms with E-state index in [1.807, 2.05) is 6.92 Å². The van der Waals surface area contributed by atoms with Crippen molar-refractivity contribution in [2.75, 3.05) is 20.5 Å². The van der Waals surface area contributed by atoms with Gasteiger partial charge in [0, 0.05) is 13.2 Å². The first-order valence-corrected chi connectivity index (χ1v) is 14.8. The van der Waals surface area contributed by atoms with Gasteiger partial charge in [-0.25, -0.2) is 9.59 Å². The van der Waals surface area contributed by atoms with Gasteiger partial charge >= 0.3 is 18.1 Å². The summed E-state index contributed by atoms with van der Waals surface area (Å²) >= 11 is 0. The van der Waals surface area contributed by atoms with Crippen LogP contribution in [-0.4, -0.2) is 79.0 Å². The third-order valence-electron chi connectivity index (χ3n) is 7.31.